The van der Waals surface area contributed by atoms with Gasteiger partial charge in [0.15, 0.2) is 5.69 Å². The number of anilines is 1. The lowest BCUT2D eigenvalue weighted by Gasteiger charge is -2.02. The smallest absolute Gasteiger partial charge is 0.277 e. The summed E-state index contributed by atoms with van der Waals surface area (Å²) >= 11 is 12.0. The molecule has 2 heterocycles. The molecule has 0 aliphatic rings. The van der Waals surface area contributed by atoms with Crippen molar-refractivity contribution < 1.29 is 4.79 Å². The van der Waals surface area contributed by atoms with E-state index >= 15 is 0 Å². The molecule has 24 heavy (non-hydrogen) atoms. The van der Waals surface area contributed by atoms with Crippen LogP contribution < -0.4 is 5.32 Å². The molecule has 0 saturated heterocycles. The number of rotatable bonds is 5. The summed E-state index contributed by atoms with van der Waals surface area (Å²) < 4.78 is 3.33. The molecule has 0 radical (unpaired) electrons. The van der Waals surface area contributed by atoms with E-state index in [1.54, 1.807) is 28.0 Å². The first-order chi connectivity index (χ1) is 11.5. The van der Waals surface area contributed by atoms with Gasteiger partial charge < -0.3 is 5.32 Å². The first-order valence-electron chi connectivity index (χ1n) is 7.36. The topological polar surface area (TPSA) is 64.7 Å². The van der Waals surface area contributed by atoms with Crippen molar-refractivity contribution in [2.75, 3.05) is 5.32 Å². The molecule has 124 valence electrons. The third-order valence-electron chi connectivity index (χ3n) is 3.38. The number of nitrogens with zero attached hydrogens (tertiary/aromatic N) is 4. The monoisotopic (exact) mass is 363 g/mol. The van der Waals surface area contributed by atoms with E-state index < -0.39 is 0 Å². The molecule has 0 atom stereocenters. The fraction of sp³-hybridized carbons (Fsp3) is 0.188. The normalized spacial score (nSPS) is 10.8. The first-order valence-corrected chi connectivity index (χ1v) is 8.12. The van der Waals surface area contributed by atoms with Gasteiger partial charge in [-0.2, -0.15) is 10.2 Å². The van der Waals surface area contributed by atoms with Crippen LogP contribution in [0.2, 0.25) is 10.0 Å². The number of aromatic nitrogens is 4. The molecule has 8 heteroatoms. The molecule has 0 saturated carbocycles. The minimum absolute atomic E-state index is 0.195. The molecule has 0 unspecified atom stereocenters. The number of hydrogen-bond acceptors (Lipinski definition) is 3. The highest BCUT2D eigenvalue weighted by molar-refractivity contribution is 6.34. The predicted molar refractivity (Wildman–Crippen MR) is 93.6 cm³/mol. The highest BCUT2D eigenvalue weighted by Crippen LogP contribution is 2.17. The second-order valence-electron chi connectivity index (χ2n) is 5.19. The molecule has 1 amide bonds. The highest BCUT2D eigenvalue weighted by atomic mass is 35.5. The summed E-state index contributed by atoms with van der Waals surface area (Å²) in [4.78, 5) is 12.3. The maximum absolute atomic E-state index is 12.3. The zero-order chi connectivity index (χ0) is 17.1. The summed E-state index contributed by atoms with van der Waals surface area (Å²) in [6.45, 7) is 3.12. The Bertz CT molecular complexity index is 871. The summed E-state index contributed by atoms with van der Waals surface area (Å²) in [5.74, 6) is -0.366. The van der Waals surface area contributed by atoms with Crippen LogP contribution in [0.5, 0.6) is 0 Å². The van der Waals surface area contributed by atoms with Crippen molar-refractivity contribution in [2.24, 2.45) is 0 Å². The largest absolute Gasteiger partial charge is 0.318 e. The van der Waals surface area contributed by atoms with Gasteiger partial charge in [0.25, 0.3) is 5.91 Å². The predicted octanol–water partition coefficient (Wildman–Crippen LogP) is 3.71. The van der Waals surface area contributed by atoms with Gasteiger partial charge in [0.1, 0.15) is 0 Å². The number of amides is 1. The first kappa shape index (κ1) is 16.5. The van der Waals surface area contributed by atoms with Gasteiger partial charge in [-0.25, -0.2) is 0 Å². The van der Waals surface area contributed by atoms with E-state index in [0.717, 1.165) is 5.56 Å². The minimum atomic E-state index is -0.366. The third kappa shape index (κ3) is 3.77. The van der Waals surface area contributed by atoms with E-state index in [1.807, 2.05) is 31.2 Å². The highest BCUT2D eigenvalue weighted by Gasteiger charge is 2.16. The summed E-state index contributed by atoms with van der Waals surface area (Å²) in [6.07, 6.45) is 4.94. The van der Waals surface area contributed by atoms with Crippen LogP contribution in [0.15, 0.2) is 42.9 Å². The average molecular weight is 364 g/mol. The van der Waals surface area contributed by atoms with Gasteiger partial charge in [0, 0.05) is 24.0 Å². The second-order valence-corrected chi connectivity index (χ2v) is 6.04. The van der Waals surface area contributed by atoms with Gasteiger partial charge in [-0.3, -0.25) is 14.2 Å². The molecule has 1 N–H and O–H groups in total. The quantitative estimate of drug-likeness (QED) is 0.751. The van der Waals surface area contributed by atoms with E-state index in [2.05, 4.69) is 15.5 Å². The number of carbonyl (C=O) groups is 1. The van der Waals surface area contributed by atoms with Crippen LogP contribution in [0.4, 0.5) is 5.69 Å². The molecular formula is C16H15Cl2N5O. The Balaban J connectivity index is 1.69. The van der Waals surface area contributed by atoms with Gasteiger partial charge in [-0.05, 0) is 24.6 Å². The van der Waals surface area contributed by atoms with Crippen LogP contribution in [0.1, 0.15) is 23.0 Å². The maximum Gasteiger partial charge on any atom is 0.277 e. The van der Waals surface area contributed by atoms with Crippen LogP contribution in [-0.2, 0) is 13.1 Å². The third-order valence-corrected chi connectivity index (χ3v) is 3.89. The van der Waals surface area contributed by atoms with E-state index in [-0.39, 0.29) is 11.6 Å². The molecule has 3 aromatic rings. The molecule has 2 aromatic heterocycles. The number of halogens is 2. The summed E-state index contributed by atoms with van der Waals surface area (Å²) in [5.41, 5.74) is 1.79. The average Bonchev–Trinajstić information content (AvgIpc) is 3.13. The Morgan fingerprint density at radius 3 is 2.79 bits per heavy atom. The lowest BCUT2D eigenvalue weighted by molar-refractivity contribution is 0.102. The van der Waals surface area contributed by atoms with E-state index in [1.165, 1.54) is 0 Å². The van der Waals surface area contributed by atoms with Gasteiger partial charge in [-0.15, -0.1) is 0 Å². The lowest BCUT2D eigenvalue weighted by Crippen LogP contribution is -2.13. The SMILES string of the molecule is CCn1cc(Cl)c(C(=O)Nc2cnn(Cc3cccc(Cl)c3)c2)n1. The second kappa shape index (κ2) is 7.07. The van der Waals surface area contributed by atoms with E-state index in [4.69, 9.17) is 23.2 Å². The number of benzene rings is 1. The molecule has 0 spiro atoms. The maximum atomic E-state index is 12.3. The van der Waals surface area contributed by atoms with Crippen LogP contribution in [0.3, 0.4) is 0 Å². The molecule has 0 bridgehead atoms. The van der Waals surface area contributed by atoms with Crippen molar-refractivity contribution in [3.8, 4) is 0 Å². The summed E-state index contributed by atoms with van der Waals surface area (Å²) in [7, 11) is 0. The van der Waals surface area contributed by atoms with Crippen molar-refractivity contribution in [1.82, 2.24) is 19.6 Å². The molecule has 6 nitrogen and oxygen atoms in total. The Kier molecular flexibility index (Phi) is 4.87. The van der Waals surface area contributed by atoms with Crippen molar-refractivity contribution in [3.63, 3.8) is 0 Å². The zero-order valence-corrected chi connectivity index (χ0v) is 14.4. The summed E-state index contributed by atoms with van der Waals surface area (Å²) in [5, 5.41) is 12.1. The van der Waals surface area contributed by atoms with Crippen molar-refractivity contribution in [2.45, 2.75) is 20.0 Å². The Morgan fingerprint density at radius 2 is 2.08 bits per heavy atom. The Morgan fingerprint density at radius 1 is 1.25 bits per heavy atom. The lowest BCUT2D eigenvalue weighted by atomic mass is 10.2. The fourth-order valence-corrected chi connectivity index (χ4v) is 2.69. The molecule has 1 aromatic carbocycles. The van der Waals surface area contributed by atoms with Crippen LogP contribution in [0.25, 0.3) is 0 Å². The molecular weight excluding hydrogens is 349 g/mol. The molecule has 3 rings (SSSR count). The van der Waals surface area contributed by atoms with Crippen LogP contribution in [0, 0.1) is 0 Å². The van der Waals surface area contributed by atoms with E-state index in [0.29, 0.717) is 28.8 Å². The molecule has 0 fully saturated rings. The molecule has 0 aliphatic heterocycles. The number of carbonyl (C=O) groups excluding carboxylic acids is 1. The van der Waals surface area contributed by atoms with Crippen molar-refractivity contribution in [1.29, 1.82) is 0 Å². The van der Waals surface area contributed by atoms with Crippen LogP contribution >= 0.6 is 23.2 Å². The van der Waals surface area contributed by atoms with Gasteiger partial charge >= 0.3 is 0 Å². The van der Waals surface area contributed by atoms with Crippen LogP contribution in [-0.4, -0.2) is 25.5 Å². The van der Waals surface area contributed by atoms with Crippen molar-refractivity contribution >= 4 is 34.8 Å². The number of nitrogens with one attached hydrogen (secondary N) is 1. The van der Waals surface area contributed by atoms with Gasteiger partial charge in [-0.1, -0.05) is 35.3 Å². The Hall–Kier alpha value is -2.31. The van der Waals surface area contributed by atoms with Gasteiger partial charge in [0.05, 0.1) is 23.5 Å². The Labute approximate surface area is 149 Å². The summed E-state index contributed by atoms with van der Waals surface area (Å²) in [6, 6.07) is 7.54. The van der Waals surface area contributed by atoms with Crippen molar-refractivity contribution in [3.05, 3.63) is 64.2 Å². The minimum Gasteiger partial charge on any atom is -0.318 e. The molecule has 0 aliphatic carbocycles. The standard InChI is InChI=1S/C16H15Cl2N5O/c1-2-22-10-14(18)15(21-22)16(24)20-13-7-19-23(9-13)8-11-4-3-5-12(17)6-11/h3-7,9-10H,2,8H2,1H3,(H,20,24). The number of hydrogen-bond donors (Lipinski definition) is 1. The van der Waals surface area contributed by atoms with E-state index in [9.17, 15) is 4.79 Å². The van der Waals surface area contributed by atoms with Gasteiger partial charge in [0.2, 0.25) is 0 Å². The number of aryl methyl sites for hydroxylation is 1. The zero-order valence-electron chi connectivity index (χ0n) is 12.9. The fourth-order valence-electron chi connectivity index (χ4n) is 2.24.